The number of carbonyl (C=O) groups excluding carboxylic acids is 2. The first-order valence-corrected chi connectivity index (χ1v) is 10.3. The largest absolute Gasteiger partial charge is 0.511 e. The van der Waals surface area contributed by atoms with Crippen LogP contribution in [-0.4, -0.2) is 58.6 Å². The number of hydrogen-bond donors (Lipinski definition) is 3. The van der Waals surface area contributed by atoms with E-state index >= 15 is 0 Å². The fourth-order valence-corrected chi connectivity index (χ4v) is 3.98. The minimum atomic E-state index is -1.21. The van der Waals surface area contributed by atoms with Gasteiger partial charge in [0.15, 0.2) is 0 Å². The molecule has 3 rings (SSSR count). The summed E-state index contributed by atoms with van der Waals surface area (Å²) in [5, 5.41) is 20.8. The van der Waals surface area contributed by atoms with Crippen molar-refractivity contribution in [3.05, 3.63) is 47.2 Å². The maximum Gasteiger partial charge on any atom is 0.322 e. The molecular weight excluding hydrogens is 388 g/mol. The average molecular weight is 416 g/mol. The summed E-state index contributed by atoms with van der Waals surface area (Å²) in [4.78, 5) is 37.1. The highest BCUT2D eigenvalue weighted by Gasteiger charge is 2.34. The van der Waals surface area contributed by atoms with Crippen LogP contribution in [0.5, 0.6) is 0 Å². The number of carboxylic acid groups (broad SMARTS) is 1. The summed E-state index contributed by atoms with van der Waals surface area (Å²) in [5.41, 5.74) is 0.807. The Labute approximate surface area is 175 Å². The van der Waals surface area contributed by atoms with E-state index < -0.39 is 24.3 Å². The number of rotatable bonds is 8. The lowest BCUT2D eigenvalue weighted by atomic mass is 9.86. The molecule has 3 N–H and O–H groups in total. The molecule has 1 fully saturated rings. The van der Waals surface area contributed by atoms with Crippen LogP contribution in [-0.2, 0) is 25.7 Å². The highest BCUT2D eigenvalue weighted by molar-refractivity contribution is 6.19. The maximum absolute atomic E-state index is 12.7. The molecule has 0 unspecified atom stereocenters. The predicted octanol–water partition coefficient (Wildman–Crippen LogP) is 2.01. The van der Waals surface area contributed by atoms with Crippen molar-refractivity contribution in [2.75, 3.05) is 19.6 Å². The van der Waals surface area contributed by atoms with Crippen LogP contribution in [0, 0.1) is 5.92 Å². The number of aliphatic carboxylic acids is 1. The quantitative estimate of drug-likeness (QED) is 0.558. The van der Waals surface area contributed by atoms with E-state index in [1.165, 1.54) is 0 Å². The van der Waals surface area contributed by atoms with Gasteiger partial charge in [-0.3, -0.25) is 14.4 Å². The fraction of sp³-hybridized carbons (Fsp3) is 0.500. The smallest absolute Gasteiger partial charge is 0.322 e. The Morgan fingerprint density at radius 1 is 1.13 bits per heavy atom. The van der Waals surface area contributed by atoms with E-state index in [1.807, 2.05) is 30.3 Å². The first kappa shape index (κ1) is 21.8. The normalized spacial score (nSPS) is 22.1. The lowest BCUT2D eigenvalue weighted by molar-refractivity contribution is -0.138. The van der Waals surface area contributed by atoms with Gasteiger partial charge in [-0.2, -0.15) is 0 Å². The molecule has 162 valence electrons. The maximum atomic E-state index is 12.7. The van der Waals surface area contributed by atoms with E-state index in [2.05, 4.69) is 5.32 Å². The van der Waals surface area contributed by atoms with Crippen molar-refractivity contribution < 1.29 is 29.3 Å². The van der Waals surface area contributed by atoms with Crippen molar-refractivity contribution in [2.24, 2.45) is 5.92 Å². The fourth-order valence-electron chi connectivity index (χ4n) is 3.98. The van der Waals surface area contributed by atoms with Crippen LogP contribution in [0.2, 0.25) is 0 Å². The molecule has 1 aliphatic carbocycles. The van der Waals surface area contributed by atoms with Gasteiger partial charge in [-0.05, 0) is 37.2 Å². The molecule has 1 aromatic rings. The highest BCUT2D eigenvalue weighted by atomic mass is 16.5. The summed E-state index contributed by atoms with van der Waals surface area (Å²) in [6.45, 7) is 0.869. The van der Waals surface area contributed by atoms with Crippen molar-refractivity contribution in [2.45, 2.75) is 44.8 Å². The summed E-state index contributed by atoms with van der Waals surface area (Å²) >= 11 is 0. The number of hydrogen-bond acceptors (Lipinski definition) is 5. The molecule has 8 heteroatoms. The molecule has 0 spiro atoms. The molecule has 0 atom stereocenters. The van der Waals surface area contributed by atoms with Crippen molar-refractivity contribution in [1.82, 2.24) is 10.2 Å². The number of nitrogens with zero attached hydrogens (tertiary/aromatic N) is 1. The summed E-state index contributed by atoms with van der Waals surface area (Å²) < 4.78 is 6.02. The first-order chi connectivity index (χ1) is 14.4. The molecule has 0 bridgehead atoms. The molecule has 1 saturated carbocycles. The molecule has 0 aromatic heterocycles. The van der Waals surface area contributed by atoms with Crippen molar-refractivity contribution in [1.29, 1.82) is 0 Å². The number of amides is 2. The van der Waals surface area contributed by atoms with E-state index in [-0.39, 0.29) is 23.9 Å². The predicted molar refractivity (Wildman–Crippen MR) is 108 cm³/mol. The van der Waals surface area contributed by atoms with E-state index in [4.69, 9.17) is 9.84 Å². The van der Waals surface area contributed by atoms with Crippen molar-refractivity contribution >= 4 is 17.8 Å². The van der Waals surface area contributed by atoms with Crippen LogP contribution < -0.4 is 5.32 Å². The van der Waals surface area contributed by atoms with Crippen LogP contribution >= 0.6 is 0 Å². The monoisotopic (exact) mass is 416 g/mol. The van der Waals surface area contributed by atoms with Crippen LogP contribution in [0.3, 0.4) is 0 Å². The second-order valence-electron chi connectivity index (χ2n) is 7.84. The number of aliphatic hydroxyl groups excluding tert-OH is 1. The molecule has 1 aliphatic heterocycles. The van der Waals surface area contributed by atoms with Crippen molar-refractivity contribution in [3.63, 3.8) is 0 Å². The summed E-state index contributed by atoms with van der Waals surface area (Å²) in [7, 11) is 0. The first-order valence-electron chi connectivity index (χ1n) is 10.3. The van der Waals surface area contributed by atoms with Crippen LogP contribution in [0.25, 0.3) is 0 Å². The van der Waals surface area contributed by atoms with Gasteiger partial charge in [0.25, 0.3) is 11.8 Å². The number of benzene rings is 1. The summed E-state index contributed by atoms with van der Waals surface area (Å²) in [6, 6.07) is 10.1. The van der Waals surface area contributed by atoms with Crippen molar-refractivity contribution in [3.8, 4) is 0 Å². The van der Waals surface area contributed by atoms with E-state index in [0.717, 1.165) is 31.2 Å². The molecular formula is C22H28N2O6. The van der Waals surface area contributed by atoms with Gasteiger partial charge in [-0.15, -0.1) is 0 Å². The van der Waals surface area contributed by atoms with Gasteiger partial charge in [-0.1, -0.05) is 30.3 Å². The molecule has 1 aromatic carbocycles. The third-order valence-corrected chi connectivity index (χ3v) is 5.64. The number of nitrogens with one attached hydrogen (secondary N) is 1. The van der Waals surface area contributed by atoms with Crippen LogP contribution in [0.1, 0.15) is 37.7 Å². The van der Waals surface area contributed by atoms with Crippen LogP contribution in [0.4, 0.5) is 0 Å². The van der Waals surface area contributed by atoms with Gasteiger partial charge in [0.1, 0.15) is 17.9 Å². The van der Waals surface area contributed by atoms with Gasteiger partial charge in [-0.25, -0.2) is 0 Å². The zero-order valence-electron chi connectivity index (χ0n) is 16.9. The molecule has 2 aliphatic rings. The van der Waals surface area contributed by atoms with Gasteiger partial charge >= 0.3 is 5.97 Å². The molecule has 0 saturated heterocycles. The highest BCUT2D eigenvalue weighted by Crippen LogP contribution is 2.29. The van der Waals surface area contributed by atoms with Gasteiger partial charge in [0, 0.05) is 19.5 Å². The van der Waals surface area contributed by atoms with Gasteiger partial charge in [0.2, 0.25) is 0 Å². The third kappa shape index (κ3) is 5.82. The van der Waals surface area contributed by atoms with Gasteiger partial charge < -0.3 is 25.2 Å². The minimum absolute atomic E-state index is 0.192. The van der Waals surface area contributed by atoms with E-state index in [1.54, 1.807) is 4.90 Å². The summed E-state index contributed by atoms with van der Waals surface area (Å²) in [6.07, 6.45) is 4.11. The Bertz CT molecular complexity index is 799. The average Bonchev–Trinajstić information content (AvgIpc) is 2.74. The Hall–Kier alpha value is -2.87. The molecule has 1 heterocycles. The number of carboxylic acids is 1. The topological polar surface area (TPSA) is 116 Å². The Kier molecular flexibility index (Phi) is 7.46. The van der Waals surface area contributed by atoms with Gasteiger partial charge in [0.05, 0.1) is 12.7 Å². The standard InChI is InChI=1S/C22H28N2O6/c25-18-10-11-24(22(29)20(18)21(28)23-12-19(26)27)13-15-6-8-17(9-7-15)30-14-16-4-2-1-3-5-16/h1-5,15,17,25H,6-14H2,(H,23,28)(H,26,27). The van der Waals surface area contributed by atoms with E-state index in [9.17, 15) is 19.5 Å². The molecule has 0 radical (unpaired) electrons. The molecule has 8 nitrogen and oxygen atoms in total. The minimum Gasteiger partial charge on any atom is -0.511 e. The lowest BCUT2D eigenvalue weighted by Gasteiger charge is -2.34. The van der Waals surface area contributed by atoms with E-state index in [0.29, 0.717) is 25.6 Å². The Morgan fingerprint density at radius 2 is 1.83 bits per heavy atom. The Balaban J connectivity index is 1.47. The zero-order valence-corrected chi connectivity index (χ0v) is 16.9. The van der Waals surface area contributed by atoms with Crippen LogP contribution in [0.15, 0.2) is 41.7 Å². The Morgan fingerprint density at radius 3 is 2.50 bits per heavy atom. The molecule has 30 heavy (non-hydrogen) atoms. The number of ether oxygens (including phenoxy) is 1. The second kappa shape index (κ2) is 10.2. The lowest BCUT2D eigenvalue weighted by Crippen LogP contribution is -2.45. The molecule has 2 amide bonds. The zero-order chi connectivity index (χ0) is 21.5. The number of aliphatic hydroxyl groups is 1. The summed E-state index contributed by atoms with van der Waals surface area (Å²) in [5.74, 6) is -2.56. The SMILES string of the molecule is O=C(O)CNC(=O)C1=C(O)CCN(CC2CCC(OCc3ccccc3)CC2)C1=O. The third-order valence-electron chi connectivity index (χ3n) is 5.64. The second-order valence-corrected chi connectivity index (χ2v) is 7.84. The number of carbonyl (C=O) groups is 3.